The van der Waals surface area contributed by atoms with E-state index in [4.69, 9.17) is 9.57 Å². The van der Waals surface area contributed by atoms with Gasteiger partial charge in [0.05, 0.1) is 19.4 Å². The topological polar surface area (TPSA) is 104 Å². The lowest BCUT2D eigenvalue weighted by Gasteiger charge is -2.13. The molecule has 0 saturated heterocycles. The number of carbonyl (C=O) groups is 4. The first-order valence-electron chi connectivity index (χ1n) is 15.4. The summed E-state index contributed by atoms with van der Waals surface area (Å²) >= 11 is 0. The molecule has 0 spiro atoms. The van der Waals surface area contributed by atoms with Crippen molar-refractivity contribution in [2.45, 2.75) is 92.0 Å². The van der Waals surface area contributed by atoms with Crippen molar-refractivity contribution in [2.75, 3.05) is 6.61 Å². The molecule has 42 heavy (non-hydrogen) atoms. The molecule has 1 heterocycles. The van der Waals surface area contributed by atoms with E-state index in [1.54, 1.807) is 19.1 Å². The van der Waals surface area contributed by atoms with Gasteiger partial charge in [-0.05, 0) is 81.8 Å². The third-order valence-electron chi connectivity index (χ3n) is 8.04. The van der Waals surface area contributed by atoms with Gasteiger partial charge in [0.15, 0.2) is 5.78 Å². The molecule has 0 aliphatic heterocycles. The van der Waals surface area contributed by atoms with Gasteiger partial charge in [0.1, 0.15) is 5.71 Å². The highest BCUT2D eigenvalue weighted by Gasteiger charge is 2.26. The summed E-state index contributed by atoms with van der Waals surface area (Å²) in [7, 11) is 0. The Morgan fingerprint density at radius 3 is 2.17 bits per heavy atom. The summed E-state index contributed by atoms with van der Waals surface area (Å²) in [5, 5.41) is 5.68. The maximum Gasteiger partial charge on any atom is 0.335 e. The molecule has 2 aromatic carbocycles. The quantitative estimate of drug-likeness (QED) is 0.0579. The van der Waals surface area contributed by atoms with Crippen molar-refractivity contribution in [3.05, 3.63) is 47.5 Å². The van der Waals surface area contributed by atoms with Gasteiger partial charge in [-0.25, -0.2) is 4.79 Å². The van der Waals surface area contributed by atoms with Crippen LogP contribution in [0.5, 0.6) is 0 Å². The van der Waals surface area contributed by atoms with Gasteiger partial charge in [0.2, 0.25) is 5.78 Å². The fourth-order valence-electron chi connectivity index (χ4n) is 5.47. The highest BCUT2D eigenvalue weighted by molar-refractivity contribution is 6.46. The summed E-state index contributed by atoms with van der Waals surface area (Å²) in [5.74, 6) is -0.901. The maximum absolute atomic E-state index is 13.7. The van der Waals surface area contributed by atoms with Crippen molar-refractivity contribution in [3.63, 3.8) is 0 Å². The predicted octanol–water partition coefficient (Wildman–Crippen LogP) is 7.44. The molecule has 4 rings (SSSR count). The second-order valence-electron chi connectivity index (χ2n) is 11.1. The Kier molecular flexibility index (Phi) is 10.7. The molecular formula is C34H42N2O6. The average molecular weight is 575 g/mol. The van der Waals surface area contributed by atoms with Crippen molar-refractivity contribution < 1.29 is 28.8 Å². The molecule has 1 unspecified atom stereocenters. The highest BCUT2D eigenvalue weighted by Crippen LogP contribution is 2.33. The number of oxime groups is 1. The lowest BCUT2D eigenvalue weighted by atomic mass is 9.90. The number of aryl methyl sites for hydroxylation is 1. The molecular weight excluding hydrogens is 532 g/mol. The van der Waals surface area contributed by atoms with E-state index >= 15 is 0 Å². The Labute approximate surface area is 247 Å². The number of esters is 1. The smallest absolute Gasteiger partial charge is 0.335 e. The van der Waals surface area contributed by atoms with Crippen molar-refractivity contribution in [2.24, 2.45) is 17.0 Å². The number of aromatic nitrogens is 1. The molecule has 0 amide bonds. The van der Waals surface area contributed by atoms with Crippen LogP contribution in [0.3, 0.4) is 0 Å². The van der Waals surface area contributed by atoms with Gasteiger partial charge in [-0.3, -0.25) is 14.4 Å². The van der Waals surface area contributed by atoms with E-state index in [1.165, 1.54) is 0 Å². The molecule has 1 aromatic heterocycles. The van der Waals surface area contributed by atoms with Gasteiger partial charge < -0.3 is 14.1 Å². The van der Waals surface area contributed by atoms with Gasteiger partial charge in [-0.2, -0.15) is 0 Å². The molecule has 224 valence electrons. The van der Waals surface area contributed by atoms with Crippen LogP contribution in [0.4, 0.5) is 0 Å². The van der Waals surface area contributed by atoms with Crippen molar-refractivity contribution in [1.29, 1.82) is 0 Å². The molecule has 8 nitrogen and oxygen atoms in total. The second kappa shape index (κ2) is 14.4. The predicted molar refractivity (Wildman–Crippen MR) is 164 cm³/mol. The number of hydrogen-bond donors (Lipinski definition) is 0. The van der Waals surface area contributed by atoms with E-state index in [0.29, 0.717) is 17.0 Å². The van der Waals surface area contributed by atoms with E-state index < -0.39 is 17.7 Å². The zero-order valence-corrected chi connectivity index (χ0v) is 25.2. The number of ether oxygens (including phenoxy) is 1. The van der Waals surface area contributed by atoms with Crippen LogP contribution in [0.15, 0.2) is 41.6 Å². The lowest BCUT2D eigenvalue weighted by molar-refractivity contribution is -0.144. The number of ketones is 2. The number of hydrogen-bond acceptors (Lipinski definition) is 7. The summed E-state index contributed by atoms with van der Waals surface area (Å²) in [6, 6.07) is 11.3. The number of Topliss-reactive ketones (excluding diaryl/α,β-unsaturated/α-hetero) is 2. The van der Waals surface area contributed by atoms with Gasteiger partial charge in [-0.1, -0.05) is 31.8 Å². The number of nitrogens with zero attached hydrogens (tertiary/aromatic N) is 2. The summed E-state index contributed by atoms with van der Waals surface area (Å²) < 4.78 is 7.18. The number of rotatable bonds is 16. The number of carbonyl (C=O) groups excluding carboxylic acids is 4. The normalized spacial score (nSPS) is 14.2. The Morgan fingerprint density at radius 2 is 1.57 bits per heavy atom. The average Bonchev–Trinajstić information content (AvgIpc) is 3.75. The number of benzene rings is 2. The van der Waals surface area contributed by atoms with Crippen LogP contribution in [0.2, 0.25) is 0 Å². The van der Waals surface area contributed by atoms with Crippen LogP contribution in [0, 0.1) is 11.8 Å². The van der Waals surface area contributed by atoms with Gasteiger partial charge in [-0.15, -0.1) is 0 Å². The molecule has 8 heteroatoms. The van der Waals surface area contributed by atoms with Crippen molar-refractivity contribution in [3.8, 4) is 0 Å². The summed E-state index contributed by atoms with van der Waals surface area (Å²) in [6.07, 6.45) is 5.91. The largest absolute Gasteiger partial charge is 0.466 e. The third kappa shape index (κ3) is 7.33. The van der Waals surface area contributed by atoms with E-state index in [1.807, 2.05) is 24.3 Å². The van der Waals surface area contributed by atoms with Crippen LogP contribution >= 0.6 is 0 Å². The zero-order valence-electron chi connectivity index (χ0n) is 25.2. The molecule has 0 radical (unpaired) electrons. The molecule has 1 atom stereocenters. The first kappa shape index (κ1) is 31.1. The summed E-state index contributed by atoms with van der Waals surface area (Å²) in [6.45, 7) is 8.92. The van der Waals surface area contributed by atoms with Crippen LogP contribution in [0.25, 0.3) is 21.8 Å². The Morgan fingerprint density at radius 1 is 0.905 bits per heavy atom. The minimum absolute atomic E-state index is 0.0108. The Bertz CT molecular complexity index is 1500. The zero-order chi connectivity index (χ0) is 30.2. The molecule has 1 saturated carbocycles. The molecule has 3 aromatic rings. The van der Waals surface area contributed by atoms with Crippen LogP contribution in [-0.2, 0) is 25.7 Å². The van der Waals surface area contributed by atoms with Crippen LogP contribution in [-0.4, -0.2) is 40.4 Å². The van der Waals surface area contributed by atoms with Crippen molar-refractivity contribution in [1.82, 2.24) is 4.57 Å². The summed E-state index contributed by atoms with van der Waals surface area (Å²) in [5.41, 5.74) is 2.97. The third-order valence-corrected chi connectivity index (χ3v) is 8.04. The number of unbranched alkanes of at least 4 members (excludes halogenated alkanes) is 1. The van der Waals surface area contributed by atoms with E-state index in [9.17, 15) is 19.2 Å². The SMILES string of the molecule is CCCCC(CC)C(=O)c1ccc2c(c1)c1cc(C(=O)C(CCC(=O)OCC)=NOC(=O)CC3CC3)ccc1n2CC. The molecule has 1 fully saturated rings. The number of fused-ring (bicyclic) bond motifs is 3. The van der Waals surface area contributed by atoms with Crippen molar-refractivity contribution >= 4 is 51.0 Å². The summed E-state index contributed by atoms with van der Waals surface area (Å²) in [4.78, 5) is 56.5. The first-order chi connectivity index (χ1) is 20.3. The highest BCUT2D eigenvalue weighted by atomic mass is 16.7. The first-order valence-corrected chi connectivity index (χ1v) is 15.4. The standard InChI is InChI=1S/C34H42N2O6/c1-5-9-10-23(6-2)33(39)24-13-16-29-26(20-24)27-21-25(14-17-30(27)36(29)7-3)34(40)28(15-18-31(37)41-8-4)35-42-32(38)19-22-11-12-22/h13-14,16-17,20-23H,5-12,15,18-19H2,1-4H3. The minimum Gasteiger partial charge on any atom is -0.466 e. The van der Waals surface area contributed by atoms with Crippen LogP contribution < -0.4 is 0 Å². The fourth-order valence-corrected chi connectivity index (χ4v) is 5.47. The Hall–Kier alpha value is -3.81. The van der Waals surface area contributed by atoms with Crippen LogP contribution in [0.1, 0.15) is 106 Å². The minimum atomic E-state index is -0.484. The molecule has 0 N–H and O–H groups in total. The Balaban J connectivity index is 1.70. The van der Waals surface area contributed by atoms with E-state index in [0.717, 1.165) is 66.9 Å². The lowest BCUT2D eigenvalue weighted by Crippen LogP contribution is -2.18. The molecule has 1 aliphatic carbocycles. The van der Waals surface area contributed by atoms with E-state index in [2.05, 4.69) is 30.5 Å². The second-order valence-corrected chi connectivity index (χ2v) is 11.1. The van der Waals surface area contributed by atoms with Gasteiger partial charge >= 0.3 is 11.9 Å². The monoisotopic (exact) mass is 574 g/mol. The van der Waals surface area contributed by atoms with E-state index in [-0.39, 0.29) is 43.3 Å². The maximum atomic E-state index is 13.7. The molecule has 1 aliphatic rings. The van der Waals surface area contributed by atoms with Gasteiger partial charge in [0.25, 0.3) is 0 Å². The molecule has 0 bridgehead atoms. The fraction of sp³-hybridized carbons (Fsp3) is 0.500. The van der Waals surface area contributed by atoms with Gasteiger partial charge in [0, 0.05) is 51.8 Å².